The highest BCUT2D eigenvalue weighted by atomic mass is 32.2. The molecule has 178 valence electrons. The molecule has 1 aliphatic heterocycles. The van der Waals surface area contributed by atoms with Gasteiger partial charge in [0.15, 0.2) is 0 Å². The number of benzene rings is 2. The average molecular weight is 489 g/mol. The van der Waals surface area contributed by atoms with Gasteiger partial charge in [-0.15, -0.1) is 11.8 Å². The lowest BCUT2D eigenvalue weighted by molar-refractivity contribution is -0.149. The summed E-state index contributed by atoms with van der Waals surface area (Å²) in [5.74, 6) is -8.35. The molecule has 10 heteroatoms. The highest BCUT2D eigenvalue weighted by molar-refractivity contribution is 7.99. The van der Waals surface area contributed by atoms with E-state index in [0.29, 0.717) is 0 Å². The molecule has 1 saturated heterocycles. The van der Waals surface area contributed by atoms with Crippen LogP contribution in [-0.4, -0.2) is 64.7 Å². The van der Waals surface area contributed by atoms with E-state index in [2.05, 4.69) is 5.32 Å². The number of aliphatic carboxylic acids is 1. The molecule has 0 radical (unpaired) electrons. The molecule has 7 nitrogen and oxygen atoms in total. The zero-order valence-corrected chi connectivity index (χ0v) is 18.8. The summed E-state index contributed by atoms with van der Waals surface area (Å²) in [7, 11) is 0. The number of nitrogens with one attached hydrogen (secondary N) is 1. The van der Waals surface area contributed by atoms with Crippen LogP contribution in [0.3, 0.4) is 0 Å². The lowest BCUT2D eigenvalue weighted by atomic mass is 9.98. The van der Waals surface area contributed by atoms with Crippen molar-refractivity contribution in [3.05, 3.63) is 59.7 Å². The van der Waals surface area contributed by atoms with Gasteiger partial charge in [-0.3, -0.25) is 4.79 Å². The van der Waals surface area contributed by atoms with Gasteiger partial charge >= 0.3 is 12.1 Å². The van der Waals surface area contributed by atoms with Crippen molar-refractivity contribution in [2.24, 2.45) is 11.8 Å². The summed E-state index contributed by atoms with van der Waals surface area (Å²) in [4.78, 5) is 37.1. The third-order valence-corrected chi connectivity index (χ3v) is 7.74. The number of carboxylic acid groups (broad SMARTS) is 1. The Labute approximate surface area is 198 Å². The fraction of sp³-hybridized carbons (Fsp3) is 0.375. The minimum atomic E-state index is -3.30. The minimum Gasteiger partial charge on any atom is -0.480 e. The van der Waals surface area contributed by atoms with E-state index >= 15 is 0 Å². The van der Waals surface area contributed by atoms with Crippen LogP contribution >= 0.6 is 11.8 Å². The molecule has 2 fully saturated rings. The van der Waals surface area contributed by atoms with Crippen LogP contribution in [0, 0.1) is 11.8 Å². The number of fused-ring (bicyclic) bond motifs is 3. The number of halogens is 2. The van der Waals surface area contributed by atoms with Gasteiger partial charge in [-0.25, -0.2) is 18.4 Å². The molecule has 2 aliphatic carbocycles. The van der Waals surface area contributed by atoms with E-state index in [0.717, 1.165) is 27.2 Å². The summed E-state index contributed by atoms with van der Waals surface area (Å²) in [5.41, 5.74) is 4.22. The molecule has 2 aromatic rings. The molecule has 1 heterocycles. The molecule has 5 rings (SSSR count). The third-order valence-electron chi connectivity index (χ3n) is 6.73. The summed E-state index contributed by atoms with van der Waals surface area (Å²) in [6, 6.07) is 14.6. The maximum atomic E-state index is 14.3. The monoisotopic (exact) mass is 488 g/mol. The zero-order valence-electron chi connectivity index (χ0n) is 17.9. The maximum absolute atomic E-state index is 14.3. The fourth-order valence-electron chi connectivity index (χ4n) is 4.87. The number of carboxylic acids is 1. The number of hydrogen-bond donors (Lipinski definition) is 2. The summed E-state index contributed by atoms with van der Waals surface area (Å²) in [6.45, 7) is -0.382. The van der Waals surface area contributed by atoms with Gasteiger partial charge in [0.05, 0.1) is 11.8 Å². The predicted octanol–water partition coefficient (Wildman–Crippen LogP) is 3.39. The van der Waals surface area contributed by atoms with Gasteiger partial charge in [0.25, 0.3) is 5.92 Å². The number of amides is 2. The van der Waals surface area contributed by atoms with Gasteiger partial charge in [0.1, 0.15) is 18.6 Å². The number of nitrogens with zero attached hydrogens (tertiary/aromatic N) is 1. The van der Waals surface area contributed by atoms with Gasteiger partial charge in [-0.05, 0) is 22.3 Å². The minimum absolute atomic E-state index is 0.0502. The molecule has 0 bridgehead atoms. The van der Waals surface area contributed by atoms with Gasteiger partial charge in [-0.1, -0.05) is 48.5 Å². The predicted molar refractivity (Wildman–Crippen MR) is 121 cm³/mol. The van der Waals surface area contributed by atoms with Crippen LogP contribution < -0.4 is 5.32 Å². The number of carbonyl (C=O) groups excluding carboxylic acids is 2. The lowest BCUT2D eigenvalue weighted by Crippen LogP contribution is -2.43. The number of carbonyl (C=O) groups is 3. The van der Waals surface area contributed by atoms with E-state index in [-0.39, 0.29) is 24.2 Å². The van der Waals surface area contributed by atoms with Crippen molar-refractivity contribution in [1.29, 1.82) is 0 Å². The third kappa shape index (κ3) is 3.79. The highest BCUT2D eigenvalue weighted by Crippen LogP contribution is 2.56. The molecule has 0 spiro atoms. The van der Waals surface area contributed by atoms with Crippen molar-refractivity contribution < 1.29 is 33.0 Å². The van der Waals surface area contributed by atoms with Crippen molar-refractivity contribution in [2.75, 3.05) is 24.8 Å². The first-order chi connectivity index (χ1) is 16.3. The Kier molecular flexibility index (Phi) is 5.71. The van der Waals surface area contributed by atoms with Gasteiger partial charge < -0.3 is 20.1 Å². The summed E-state index contributed by atoms with van der Waals surface area (Å²) >= 11 is 1.21. The summed E-state index contributed by atoms with van der Waals surface area (Å²) in [5, 5.41) is 11.6. The van der Waals surface area contributed by atoms with Crippen molar-refractivity contribution >= 4 is 29.7 Å². The second-order valence-corrected chi connectivity index (χ2v) is 9.63. The second kappa shape index (κ2) is 8.57. The smallest absolute Gasteiger partial charge is 0.407 e. The molecular weight excluding hydrogens is 466 g/mol. The first-order valence-electron chi connectivity index (χ1n) is 10.9. The Morgan fingerprint density at radius 2 is 1.71 bits per heavy atom. The molecule has 2 amide bonds. The molecule has 3 atom stereocenters. The SMILES string of the molecule is O=C(NCC1C(C(=O)N2CSC[C@H]2C(=O)O)C1(F)F)OCC1c2ccccc2-c2ccccc21. The Morgan fingerprint density at radius 1 is 1.09 bits per heavy atom. The first-order valence-corrected chi connectivity index (χ1v) is 12.0. The number of thioether (sulfide) groups is 1. The van der Waals surface area contributed by atoms with E-state index in [1.807, 2.05) is 48.5 Å². The zero-order chi connectivity index (χ0) is 24.0. The fourth-order valence-corrected chi connectivity index (χ4v) is 6.02. The first kappa shape index (κ1) is 22.6. The Morgan fingerprint density at radius 3 is 2.32 bits per heavy atom. The molecule has 0 aromatic heterocycles. The van der Waals surface area contributed by atoms with E-state index in [9.17, 15) is 28.3 Å². The van der Waals surface area contributed by atoms with E-state index in [4.69, 9.17) is 4.74 Å². The molecule has 2 unspecified atom stereocenters. The van der Waals surface area contributed by atoms with Crippen LogP contribution in [0.1, 0.15) is 17.0 Å². The van der Waals surface area contributed by atoms with Crippen LogP contribution in [0.25, 0.3) is 11.1 Å². The molecule has 1 saturated carbocycles. The van der Waals surface area contributed by atoms with E-state index in [1.165, 1.54) is 11.8 Å². The Balaban J connectivity index is 1.17. The molecule has 34 heavy (non-hydrogen) atoms. The molecular formula is C24H22F2N2O5S. The number of ether oxygens (including phenoxy) is 1. The second-order valence-electron chi connectivity index (χ2n) is 8.63. The van der Waals surface area contributed by atoms with Crippen LogP contribution in [0.5, 0.6) is 0 Å². The molecule has 3 aliphatic rings. The number of alkyl carbamates (subject to hydrolysis) is 1. The average Bonchev–Trinajstić information content (AvgIpc) is 3.17. The molecule has 2 aromatic carbocycles. The Bertz CT molecular complexity index is 1110. The normalized spacial score (nSPS) is 24.3. The van der Waals surface area contributed by atoms with Crippen LogP contribution in [0.4, 0.5) is 13.6 Å². The van der Waals surface area contributed by atoms with Crippen LogP contribution in [0.2, 0.25) is 0 Å². The van der Waals surface area contributed by atoms with Crippen molar-refractivity contribution in [2.45, 2.75) is 17.9 Å². The lowest BCUT2D eigenvalue weighted by Gasteiger charge is -2.20. The number of hydrogen-bond acceptors (Lipinski definition) is 5. The quantitative estimate of drug-likeness (QED) is 0.647. The molecule has 2 N–H and O–H groups in total. The highest BCUT2D eigenvalue weighted by Gasteiger charge is 2.72. The standard InChI is InChI=1S/C24H22F2N2O5S/c25-24(26)18(20(24)21(29)28-12-34-11-19(28)22(30)31)9-27-23(32)33-10-17-15-7-3-1-5-13(15)14-6-2-4-8-16(14)17/h1-8,17-20H,9-12H2,(H,27,32)(H,30,31)/t18?,19-,20?/m0/s1. The summed E-state index contributed by atoms with van der Waals surface area (Å²) in [6.07, 6.45) is -0.837. The van der Waals surface area contributed by atoms with Crippen LogP contribution in [0.15, 0.2) is 48.5 Å². The van der Waals surface area contributed by atoms with Crippen molar-refractivity contribution in [1.82, 2.24) is 10.2 Å². The maximum Gasteiger partial charge on any atom is 0.407 e. The van der Waals surface area contributed by atoms with Gasteiger partial charge in [-0.2, -0.15) is 0 Å². The van der Waals surface area contributed by atoms with Gasteiger partial charge in [0, 0.05) is 18.2 Å². The largest absolute Gasteiger partial charge is 0.480 e. The van der Waals surface area contributed by atoms with Crippen molar-refractivity contribution in [3.63, 3.8) is 0 Å². The van der Waals surface area contributed by atoms with Crippen molar-refractivity contribution in [3.8, 4) is 11.1 Å². The van der Waals surface area contributed by atoms with E-state index in [1.54, 1.807) is 0 Å². The number of rotatable bonds is 6. The summed E-state index contributed by atoms with van der Waals surface area (Å²) < 4.78 is 34.0. The topological polar surface area (TPSA) is 95.9 Å². The van der Waals surface area contributed by atoms with E-state index < -0.39 is 48.3 Å². The van der Waals surface area contributed by atoms with Gasteiger partial charge in [0.2, 0.25) is 5.91 Å². The Hall–Kier alpha value is -3.14. The van der Waals surface area contributed by atoms with Crippen LogP contribution in [-0.2, 0) is 14.3 Å². The number of alkyl halides is 2.